The Morgan fingerprint density at radius 1 is 1.48 bits per heavy atom. The van der Waals surface area contributed by atoms with Crippen LogP contribution < -0.4 is 5.32 Å². The Morgan fingerprint density at radius 3 is 2.76 bits per heavy atom. The topological polar surface area (TPSA) is 86.1 Å². The molecule has 0 spiro atoms. The molecule has 1 rings (SSSR count). The summed E-state index contributed by atoms with van der Waals surface area (Å²) in [6, 6.07) is 5.07. The molecule has 0 aliphatic carbocycles. The van der Waals surface area contributed by atoms with Gasteiger partial charge in [0.25, 0.3) is 0 Å². The van der Waals surface area contributed by atoms with Gasteiger partial charge in [0.1, 0.15) is 5.82 Å². The van der Waals surface area contributed by atoms with Crippen LogP contribution in [0.25, 0.3) is 0 Å². The normalized spacial score (nSPS) is 12.9. The Morgan fingerprint density at radius 2 is 2.19 bits per heavy atom. The van der Waals surface area contributed by atoms with Gasteiger partial charge >= 0.3 is 0 Å². The van der Waals surface area contributed by atoms with Crippen molar-refractivity contribution in [3.63, 3.8) is 0 Å². The number of hydrogen-bond donors (Lipinski definition) is 1. The maximum atomic E-state index is 12.6. The molecule has 116 valence electrons. The van der Waals surface area contributed by atoms with Crippen molar-refractivity contribution in [2.75, 3.05) is 25.0 Å². The molecule has 1 N–H and O–H groups in total. The molecule has 0 saturated carbocycles. The van der Waals surface area contributed by atoms with Gasteiger partial charge in [0.15, 0.2) is 0 Å². The van der Waals surface area contributed by atoms with Gasteiger partial charge < -0.3 is 5.32 Å². The Bertz CT molecular complexity index is 595. The van der Waals surface area contributed by atoms with E-state index in [4.69, 9.17) is 5.26 Å². The number of nitrogens with one attached hydrogen (secondary N) is 1. The van der Waals surface area contributed by atoms with E-state index in [9.17, 15) is 8.42 Å². The molecule has 0 radical (unpaired) electrons. The smallest absolute Gasteiger partial charge is 0.243 e. The molecule has 6 nitrogen and oxygen atoms in total. The third kappa shape index (κ3) is 4.69. The second-order valence-electron chi connectivity index (χ2n) is 4.79. The van der Waals surface area contributed by atoms with E-state index in [-0.39, 0.29) is 17.4 Å². The lowest BCUT2D eigenvalue weighted by Gasteiger charge is -2.21. The molecule has 1 aromatic rings. The van der Waals surface area contributed by atoms with Crippen molar-refractivity contribution in [3.05, 3.63) is 18.3 Å². The predicted octanol–water partition coefficient (Wildman–Crippen LogP) is 2.07. The molecule has 0 bridgehead atoms. The fourth-order valence-electron chi connectivity index (χ4n) is 1.81. The minimum Gasteiger partial charge on any atom is -0.370 e. The molecule has 1 aromatic heterocycles. The molecule has 1 unspecified atom stereocenters. The molecule has 0 aromatic carbocycles. The first-order chi connectivity index (χ1) is 9.95. The number of aromatic nitrogens is 1. The van der Waals surface area contributed by atoms with Crippen molar-refractivity contribution in [3.8, 4) is 6.07 Å². The Hall–Kier alpha value is -1.65. The molecule has 0 aliphatic heterocycles. The van der Waals surface area contributed by atoms with Gasteiger partial charge in [-0.15, -0.1) is 0 Å². The maximum Gasteiger partial charge on any atom is 0.243 e. The number of sulfonamides is 1. The van der Waals surface area contributed by atoms with Crippen LogP contribution in [0.1, 0.15) is 27.2 Å². The van der Waals surface area contributed by atoms with Crippen LogP contribution in [0, 0.1) is 17.2 Å². The van der Waals surface area contributed by atoms with Crippen molar-refractivity contribution >= 4 is 15.8 Å². The van der Waals surface area contributed by atoms with Crippen LogP contribution in [0.2, 0.25) is 0 Å². The molecule has 0 amide bonds. The number of anilines is 1. The van der Waals surface area contributed by atoms with Crippen LogP contribution >= 0.6 is 0 Å². The van der Waals surface area contributed by atoms with Gasteiger partial charge in [-0.2, -0.15) is 9.57 Å². The van der Waals surface area contributed by atoms with Crippen LogP contribution in [-0.4, -0.2) is 37.3 Å². The Balaban J connectivity index is 3.02. The summed E-state index contributed by atoms with van der Waals surface area (Å²) in [4.78, 5) is 4.30. The zero-order valence-electron chi connectivity index (χ0n) is 12.7. The van der Waals surface area contributed by atoms with E-state index in [2.05, 4.69) is 16.4 Å². The quantitative estimate of drug-likeness (QED) is 0.794. The third-order valence-corrected chi connectivity index (χ3v) is 4.91. The second kappa shape index (κ2) is 7.96. The van der Waals surface area contributed by atoms with Crippen LogP contribution in [0.15, 0.2) is 23.2 Å². The Labute approximate surface area is 126 Å². The highest BCUT2D eigenvalue weighted by molar-refractivity contribution is 7.89. The molecule has 7 heteroatoms. The lowest BCUT2D eigenvalue weighted by atomic mass is 10.2. The summed E-state index contributed by atoms with van der Waals surface area (Å²) < 4.78 is 26.5. The van der Waals surface area contributed by atoms with Gasteiger partial charge in [0.2, 0.25) is 10.0 Å². The molecular formula is C14H22N4O2S. The number of pyridine rings is 1. The fourth-order valence-corrected chi connectivity index (χ4v) is 3.37. The lowest BCUT2D eigenvalue weighted by Crippen LogP contribution is -2.34. The zero-order chi connectivity index (χ0) is 15.9. The second-order valence-corrected chi connectivity index (χ2v) is 6.73. The summed E-state index contributed by atoms with van der Waals surface area (Å²) in [7, 11) is -3.60. The first-order valence-electron chi connectivity index (χ1n) is 7.05. The zero-order valence-corrected chi connectivity index (χ0v) is 13.5. The highest BCUT2D eigenvalue weighted by Gasteiger charge is 2.25. The summed E-state index contributed by atoms with van der Waals surface area (Å²) in [5, 5.41) is 11.9. The minimum atomic E-state index is -3.60. The van der Waals surface area contributed by atoms with Crippen molar-refractivity contribution in [2.24, 2.45) is 5.92 Å². The average Bonchev–Trinajstić information content (AvgIpc) is 2.50. The summed E-state index contributed by atoms with van der Waals surface area (Å²) in [6.07, 6.45) is 2.41. The summed E-state index contributed by atoms with van der Waals surface area (Å²) in [5.74, 6) is 0.196. The van der Waals surface area contributed by atoms with Gasteiger partial charge in [-0.25, -0.2) is 13.4 Å². The van der Waals surface area contributed by atoms with Crippen molar-refractivity contribution in [1.82, 2.24) is 9.29 Å². The lowest BCUT2D eigenvalue weighted by molar-refractivity contribution is 0.400. The standard InChI is InChI=1S/C14H22N4O2S/c1-4-7-16-14-9-13(6-8-17-14)21(19,20)18(5-2)11-12(3)10-15/h6,8-9,12H,4-5,7,11H2,1-3H3,(H,16,17). The SMILES string of the molecule is CCCNc1cc(S(=O)(=O)N(CC)CC(C)C#N)ccn1. The highest BCUT2D eigenvalue weighted by atomic mass is 32.2. The molecule has 0 aliphatic rings. The largest absolute Gasteiger partial charge is 0.370 e. The van der Waals surface area contributed by atoms with E-state index in [1.807, 2.05) is 6.92 Å². The summed E-state index contributed by atoms with van der Waals surface area (Å²) >= 11 is 0. The van der Waals surface area contributed by atoms with Crippen molar-refractivity contribution in [1.29, 1.82) is 5.26 Å². The van der Waals surface area contributed by atoms with Crippen molar-refractivity contribution < 1.29 is 8.42 Å². The molecule has 1 atom stereocenters. The van der Waals surface area contributed by atoms with Crippen LogP contribution in [0.3, 0.4) is 0 Å². The van der Waals surface area contributed by atoms with Gasteiger partial charge in [0, 0.05) is 31.9 Å². The molecule has 21 heavy (non-hydrogen) atoms. The van der Waals surface area contributed by atoms with Crippen LogP contribution in [0.4, 0.5) is 5.82 Å². The monoisotopic (exact) mass is 310 g/mol. The number of rotatable bonds is 8. The maximum absolute atomic E-state index is 12.6. The van der Waals surface area contributed by atoms with Crippen molar-refractivity contribution in [2.45, 2.75) is 32.1 Å². The van der Waals surface area contributed by atoms with E-state index in [0.717, 1.165) is 13.0 Å². The number of hydrogen-bond acceptors (Lipinski definition) is 5. The number of nitriles is 1. The molecule has 0 fully saturated rings. The van der Waals surface area contributed by atoms with Crippen LogP contribution in [-0.2, 0) is 10.0 Å². The first-order valence-corrected chi connectivity index (χ1v) is 8.49. The van der Waals surface area contributed by atoms with Gasteiger partial charge in [-0.05, 0) is 19.4 Å². The third-order valence-electron chi connectivity index (χ3n) is 2.98. The van der Waals surface area contributed by atoms with E-state index >= 15 is 0 Å². The predicted molar refractivity (Wildman–Crippen MR) is 82.2 cm³/mol. The van der Waals surface area contributed by atoms with Gasteiger partial charge in [-0.1, -0.05) is 13.8 Å². The van der Waals surface area contributed by atoms with E-state index in [1.54, 1.807) is 13.8 Å². The minimum absolute atomic E-state index is 0.190. The molecular weight excluding hydrogens is 288 g/mol. The average molecular weight is 310 g/mol. The van der Waals surface area contributed by atoms with Gasteiger partial charge in [0.05, 0.1) is 16.9 Å². The summed E-state index contributed by atoms with van der Waals surface area (Å²) in [6.45, 7) is 6.75. The van der Waals surface area contributed by atoms with E-state index in [0.29, 0.717) is 12.4 Å². The number of nitrogens with zero attached hydrogens (tertiary/aromatic N) is 3. The fraction of sp³-hybridized carbons (Fsp3) is 0.571. The Kier molecular flexibility index (Phi) is 6.59. The van der Waals surface area contributed by atoms with E-state index < -0.39 is 10.0 Å². The van der Waals surface area contributed by atoms with Gasteiger partial charge in [-0.3, -0.25) is 0 Å². The molecule has 0 saturated heterocycles. The highest BCUT2D eigenvalue weighted by Crippen LogP contribution is 2.19. The molecule has 1 heterocycles. The van der Waals surface area contributed by atoms with Crippen LogP contribution in [0.5, 0.6) is 0 Å². The first kappa shape index (κ1) is 17.4. The van der Waals surface area contributed by atoms with E-state index in [1.165, 1.54) is 22.6 Å². The summed E-state index contributed by atoms with van der Waals surface area (Å²) in [5.41, 5.74) is 0.